The number of hydrogen-bond donors (Lipinski definition) is 3. The number of aliphatic hydroxyl groups is 1. The number of aliphatic hydroxyl groups excluding tert-OH is 1. The van der Waals surface area contributed by atoms with Gasteiger partial charge in [0.1, 0.15) is 5.82 Å². The summed E-state index contributed by atoms with van der Waals surface area (Å²) in [5.41, 5.74) is 0.994. The predicted octanol–water partition coefficient (Wildman–Crippen LogP) is 2.48. The average Bonchev–Trinajstić information content (AvgIpc) is 2.35. The minimum Gasteiger partial charge on any atom is -0.391 e. The largest absolute Gasteiger partial charge is 0.391 e. The fourth-order valence-corrected chi connectivity index (χ4v) is 1.56. The van der Waals surface area contributed by atoms with Crippen molar-refractivity contribution in [1.82, 2.24) is 4.98 Å². The molecular formula is C13H23N3O. The molecule has 0 saturated heterocycles. The first kappa shape index (κ1) is 13.8. The van der Waals surface area contributed by atoms with Crippen molar-refractivity contribution in [2.24, 2.45) is 0 Å². The van der Waals surface area contributed by atoms with Crippen molar-refractivity contribution in [1.29, 1.82) is 0 Å². The third-order valence-electron chi connectivity index (χ3n) is 2.48. The number of anilines is 2. The Labute approximate surface area is 103 Å². The molecule has 0 amide bonds. The maximum atomic E-state index is 9.63. The van der Waals surface area contributed by atoms with E-state index in [2.05, 4.69) is 29.5 Å². The first-order valence-corrected chi connectivity index (χ1v) is 6.38. The first-order chi connectivity index (χ1) is 8.26. The van der Waals surface area contributed by atoms with E-state index in [0.29, 0.717) is 6.54 Å². The van der Waals surface area contributed by atoms with Crippen molar-refractivity contribution in [2.75, 3.05) is 23.7 Å². The van der Waals surface area contributed by atoms with Crippen LogP contribution in [0.2, 0.25) is 0 Å². The Hall–Kier alpha value is -1.29. The van der Waals surface area contributed by atoms with Gasteiger partial charge in [0, 0.05) is 31.0 Å². The van der Waals surface area contributed by atoms with E-state index in [1.165, 1.54) is 0 Å². The van der Waals surface area contributed by atoms with Crippen LogP contribution < -0.4 is 10.6 Å². The molecular weight excluding hydrogens is 214 g/mol. The van der Waals surface area contributed by atoms with Gasteiger partial charge in [0.2, 0.25) is 0 Å². The van der Waals surface area contributed by atoms with E-state index in [-0.39, 0.29) is 6.10 Å². The van der Waals surface area contributed by atoms with Crippen molar-refractivity contribution < 1.29 is 5.11 Å². The quantitative estimate of drug-likeness (QED) is 0.650. The molecule has 0 aliphatic carbocycles. The van der Waals surface area contributed by atoms with Crippen molar-refractivity contribution in [3.8, 4) is 0 Å². The summed E-state index contributed by atoms with van der Waals surface area (Å²) in [6, 6.07) is 3.88. The van der Waals surface area contributed by atoms with Crippen LogP contribution in [-0.2, 0) is 0 Å². The Balaban J connectivity index is 2.42. The van der Waals surface area contributed by atoms with Crippen LogP contribution >= 0.6 is 0 Å². The Morgan fingerprint density at radius 2 is 2.12 bits per heavy atom. The molecule has 4 nitrogen and oxygen atoms in total. The smallest absolute Gasteiger partial charge is 0.127 e. The summed E-state index contributed by atoms with van der Waals surface area (Å²) < 4.78 is 0. The van der Waals surface area contributed by atoms with Gasteiger partial charge in [0.25, 0.3) is 0 Å². The molecule has 1 atom stereocenters. The molecule has 3 N–H and O–H groups in total. The molecule has 1 aromatic heterocycles. The number of rotatable bonds is 8. The van der Waals surface area contributed by atoms with Crippen LogP contribution in [0.15, 0.2) is 18.3 Å². The first-order valence-electron chi connectivity index (χ1n) is 6.38. The van der Waals surface area contributed by atoms with Gasteiger partial charge in [-0.2, -0.15) is 0 Å². The van der Waals surface area contributed by atoms with E-state index in [1.54, 1.807) is 6.20 Å². The minimum absolute atomic E-state index is 0.278. The van der Waals surface area contributed by atoms with Gasteiger partial charge < -0.3 is 15.7 Å². The molecule has 0 aliphatic heterocycles. The third-order valence-corrected chi connectivity index (χ3v) is 2.48. The number of aromatic nitrogens is 1. The van der Waals surface area contributed by atoms with Gasteiger partial charge in [0.05, 0.1) is 6.10 Å². The molecule has 0 spiro atoms. The second kappa shape index (κ2) is 7.90. The number of hydrogen-bond acceptors (Lipinski definition) is 4. The lowest BCUT2D eigenvalue weighted by molar-refractivity contribution is 0.176. The maximum absolute atomic E-state index is 9.63. The molecule has 0 saturated carbocycles. The second-order valence-electron chi connectivity index (χ2n) is 4.18. The Bertz CT molecular complexity index is 317. The van der Waals surface area contributed by atoms with E-state index in [0.717, 1.165) is 37.3 Å². The molecule has 0 aliphatic rings. The Morgan fingerprint density at radius 3 is 2.82 bits per heavy atom. The van der Waals surface area contributed by atoms with Gasteiger partial charge in [-0.1, -0.05) is 20.3 Å². The molecule has 0 fully saturated rings. The second-order valence-corrected chi connectivity index (χ2v) is 4.18. The number of nitrogens with one attached hydrogen (secondary N) is 2. The highest BCUT2D eigenvalue weighted by atomic mass is 16.3. The molecule has 1 heterocycles. The van der Waals surface area contributed by atoms with Crippen molar-refractivity contribution >= 4 is 11.5 Å². The van der Waals surface area contributed by atoms with Crippen LogP contribution in [0.3, 0.4) is 0 Å². The Kier molecular flexibility index (Phi) is 6.40. The van der Waals surface area contributed by atoms with Gasteiger partial charge >= 0.3 is 0 Å². The van der Waals surface area contributed by atoms with Crippen molar-refractivity contribution in [3.05, 3.63) is 18.3 Å². The van der Waals surface area contributed by atoms with Crippen molar-refractivity contribution in [3.63, 3.8) is 0 Å². The fourth-order valence-electron chi connectivity index (χ4n) is 1.56. The highest BCUT2D eigenvalue weighted by molar-refractivity contribution is 5.51. The van der Waals surface area contributed by atoms with Crippen LogP contribution in [0.5, 0.6) is 0 Å². The van der Waals surface area contributed by atoms with Crippen LogP contribution in [0.4, 0.5) is 11.5 Å². The summed E-state index contributed by atoms with van der Waals surface area (Å²) in [6.45, 7) is 5.71. The summed E-state index contributed by atoms with van der Waals surface area (Å²) in [7, 11) is 0. The van der Waals surface area contributed by atoms with Crippen LogP contribution in [-0.4, -0.2) is 29.3 Å². The summed E-state index contributed by atoms with van der Waals surface area (Å²) in [5, 5.41) is 16.1. The molecule has 0 radical (unpaired) electrons. The monoisotopic (exact) mass is 237 g/mol. The average molecular weight is 237 g/mol. The lowest BCUT2D eigenvalue weighted by atomic mass is 10.2. The summed E-state index contributed by atoms with van der Waals surface area (Å²) in [6.07, 6.45) is 4.41. The topological polar surface area (TPSA) is 57.2 Å². The molecule has 0 aromatic carbocycles. The number of nitrogens with zero attached hydrogens (tertiary/aromatic N) is 1. The summed E-state index contributed by atoms with van der Waals surface area (Å²) >= 11 is 0. The summed E-state index contributed by atoms with van der Waals surface area (Å²) in [4.78, 5) is 4.23. The van der Waals surface area contributed by atoms with Crippen molar-refractivity contribution in [2.45, 2.75) is 39.2 Å². The fraction of sp³-hybridized carbons (Fsp3) is 0.615. The van der Waals surface area contributed by atoms with E-state index >= 15 is 0 Å². The molecule has 1 aromatic rings. The summed E-state index contributed by atoms with van der Waals surface area (Å²) in [5.74, 6) is 0.877. The van der Waals surface area contributed by atoms with Crippen LogP contribution in [0.25, 0.3) is 0 Å². The predicted molar refractivity (Wildman–Crippen MR) is 72.4 cm³/mol. The zero-order valence-corrected chi connectivity index (χ0v) is 10.7. The minimum atomic E-state index is -0.278. The maximum Gasteiger partial charge on any atom is 0.127 e. The molecule has 1 unspecified atom stereocenters. The molecule has 17 heavy (non-hydrogen) atoms. The SMILES string of the molecule is CCCNc1cc(NCC(O)CCC)ccn1. The normalized spacial score (nSPS) is 12.2. The van der Waals surface area contributed by atoms with Gasteiger partial charge in [-0.3, -0.25) is 0 Å². The van der Waals surface area contributed by atoms with Gasteiger partial charge in [-0.05, 0) is 18.9 Å². The molecule has 0 bridgehead atoms. The van der Waals surface area contributed by atoms with E-state index in [9.17, 15) is 5.11 Å². The van der Waals surface area contributed by atoms with Crippen LogP contribution in [0.1, 0.15) is 33.1 Å². The highest BCUT2D eigenvalue weighted by Crippen LogP contribution is 2.12. The van der Waals surface area contributed by atoms with Gasteiger partial charge in [0.15, 0.2) is 0 Å². The van der Waals surface area contributed by atoms with E-state index in [4.69, 9.17) is 0 Å². The molecule has 1 rings (SSSR count). The lowest BCUT2D eigenvalue weighted by Gasteiger charge is -2.12. The standard InChI is InChI=1S/C13H23N3O/c1-3-5-12(17)10-16-11-6-8-15-13(9-11)14-7-4-2/h6,8-9,12,17H,3-5,7,10H2,1-2H3,(H2,14,15,16). The lowest BCUT2D eigenvalue weighted by Crippen LogP contribution is -2.19. The van der Waals surface area contributed by atoms with E-state index < -0.39 is 0 Å². The molecule has 96 valence electrons. The molecule has 4 heteroatoms. The van der Waals surface area contributed by atoms with Gasteiger partial charge in [-0.25, -0.2) is 4.98 Å². The number of pyridine rings is 1. The highest BCUT2D eigenvalue weighted by Gasteiger charge is 2.02. The van der Waals surface area contributed by atoms with Crippen LogP contribution in [0, 0.1) is 0 Å². The third kappa shape index (κ3) is 5.54. The Morgan fingerprint density at radius 1 is 1.29 bits per heavy atom. The zero-order chi connectivity index (χ0) is 12.5. The zero-order valence-electron chi connectivity index (χ0n) is 10.7. The van der Waals surface area contributed by atoms with Gasteiger partial charge in [-0.15, -0.1) is 0 Å². The van der Waals surface area contributed by atoms with E-state index in [1.807, 2.05) is 12.1 Å².